The van der Waals surface area contributed by atoms with E-state index in [1.807, 2.05) is 5.38 Å². The standard InChI is InChI=1S/C6H3Br3OS/c7-3(1-10)6-5(9)4(8)2-11-6/h1-3H. The predicted molar refractivity (Wildman–Crippen MR) is 57.5 cm³/mol. The number of aldehydes is 1. The van der Waals surface area contributed by atoms with Gasteiger partial charge in [-0.1, -0.05) is 15.9 Å². The Morgan fingerprint density at radius 1 is 1.55 bits per heavy atom. The normalized spacial score (nSPS) is 13.0. The van der Waals surface area contributed by atoms with Gasteiger partial charge in [0.25, 0.3) is 0 Å². The molecule has 1 aromatic rings. The van der Waals surface area contributed by atoms with Gasteiger partial charge in [0.1, 0.15) is 11.1 Å². The molecule has 0 saturated carbocycles. The molecule has 0 aliphatic rings. The summed E-state index contributed by atoms with van der Waals surface area (Å²) in [5.74, 6) is 0. The predicted octanol–water partition coefficient (Wildman–Crippen LogP) is 3.91. The average molecular weight is 363 g/mol. The summed E-state index contributed by atoms with van der Waals surface area (Å²) < 4.78 is 1.94. The maximum absolute atomic E-state index is 10.4. The van der Waals surface area contributed by atoms with E-state index >= 15 is 0 Å². The van der Waals surface area contributed by atoms with Crippen LogP contribution in [0.15, 0.2) is 14.3 Å². The summed E-state index contributed by atoms with van der Waals surface area (Å²) >= 11 is 11.5. The number of rotatable bonds is 2. The van der Waals surface area contributed by atoms with Crippen molar-refractivity contribution in [2.24, 2.45) is 0 Å². The number of carbonyl (C=O) groups excluding carboxylic acids is 1. The summed E-state index contributed by atoms with van der Waals surface area (Å²) in [6, 6.07) is 0. The van der Waals surface area contributed by atoms with E-state index in [0.717, 1.165) is 20.1 Å². The minimum Gasteiger partial charge on any atom is -0.302 e. The Morgan fingerprint density at radius 2 is 2.18 bits per heavy atom. The van der Waals surface area contributed by atoms with Crippen LogP contribution < -0.4 is 0 Å². The van der Waals surface area contributed by atoms with Crippen LogP contribution in [0.1, 0.15) is 9.70 Å². The molecule has 0 aliphatic heterocycles. The smallest absolute Gasteiger partial charge is 0.138 e. The largest absolute Gasteiger partial charge is 0.302 e. The van der Waals surface area contributed by atoms with Crippen LogP contribution in [0.5, 0.6) is 0 Å². The van der Waals surface area contributed by atoms with Gasteiger partial charge in [0.2, 0.25) is 0 Å². The lowest BCUT2D eigenvalue weighted by atomic mass is 10.4. The summed E-state index contributed by atoms with van der Waals surface area (Å²) in [5, 5.41) is 1.94. The SMILES string of the molecule is O=CC(Br)c1scc(Br)c1Br. The second-order valence-corrected chi connectivity index (χ2v) is 5.34. The minimum atomic E-state index is -0.201. The molecule has 1 aromatic heterocycles. The first-order chi connectivity index (χ1) is 5.16. The van der Waals surface area contributed by atoms with Crippen molar-refractivity contribution in [2.75, 3.05) is 0 Å². The highest BCUT2D eigenvalue weighted by Crippen LogP contribution is 2.38. The third kappa shape index (κ3) is 2.14. The number of alkyl halides is 1. The van der Waals surface area contributed by atoms with Gasteiger partial charge in [-0.05, 0) is 31.9 Å². The molecule has 1 heterocycles. The van der Waals surface area contributed by atoms with Gasteiger partial charge in [-0.3, -0.25) is 0 Å². The van der Waals surface area contributed by atoms with Gasteiger partial charge < -0.3 is 4.79 Å². The van der Waals surface area contributed by atoms with Gasteiger partial charge in [0, 0.05) is 19.2 Å². The Hall–Kier alpha value is 0.810. The molecule has 0 bridgehead atoms. The highest BCUT2D eigenvalue weighted by atomic mass is 79.9. The van der Waals surface area contributed by atoms with E-state index in [9.17, 15) is 4.79 Å². The van der Waals surface area contributed by atoms with Crippen LogP contribution in [0.3, 0.4) is 0 Å². The Labute approximate surface area is 93.6 Å². The maximum Gasteiger partial charge on any atom is 0.138 e. The van der Waals surface area contributed by atoms with E-state index in [0.29, 0.717) is 0 Å². The lowest BCUT2D eigenvalue weighted by Crippen LogP contribution is -1.86. The molecule has 5 heteroatoms. The van der Waals surface area contributed by atoms with Crippen molar-refractivity contribution >= 4 is 65.4 Å². The molecule has 0 saturated heterocycles. The summed E-state index contributed by atoms with van der Waals surface area (Å²) in [7, 11) is 0. The van der Waals surface area contributed by atoms with Crippen molar-refractivity contribution in [1.29, 1.82) is 0 Å². The molecule has 11 heavy (non-hydrogen) atoms. The fraction of sp³-hybridized carbons (Fsp3) is 0.167. The van der Waals surface area contributed by atoms with Gasteiger partial charge in [-0.2, -0.15) is 0 Å². The minimum absolute atomic E-state index is 0.201. The first-order valence-corrected chi connectivity index (χ1v) is 6.06. The van der Waals surface area contributed by atoms with Crippen molar-refractivity contribution in [1.82, 2.24) is 0 Å². The summed E-state index contributed by atoms with van der Waals surface area (Å²) in [6.07, 6.45) is 0.864. The van der Waals surface area contributed by atoms with Crippen LogP contribution in [0.2, 0.25) is 0 Å². The Bertz CT molecular complexity index is 271. The molecule has 1 unspecified atom stereocenters. The van der Waals surface area contributed by atoms with Crippen molar-refractivity contribution < 1.29 is 4.79 Å². The van der Waals surface area contributed by atoms with Gasteiger partial charge in [0.15, 0.2) is 0 Å². The molecular weight excluding hydrogens is 360 g/mol. The van der Waals surface area contributed by atoms with E-state index in [1.54, 1.807) is 0 Å². The first kappa shape index (κ1) is 9.89. The number of carbonyl (C=O) groups is 1. The Kier molecular flexibility index (Phi) is 3.74. The zero-order chi connectivity index (χ0) is 8.43. The lowest BCUT2D eigenvalue weighted by Gasteiger charge is -1.97. The molecule has 1 atom stereocenters. The monoisotopic (exact) mass is 360 g/mol. The fourth-order valence-electron chi connectivity index (χ4n) is 0.584. The number of hydrogen-bond donors (Lipinski definition) is 0. The van der Waals surface area contributed by atoms with E-state index in [-0.39, 0.29) is 4.83 Å². The summed E-state index contributed by atoms with van der Waals surface area (Å²) in [4.78, 5) is 11.2. The molecule has 60 valence electrons. The number of hydrogen-bond acceptors (Lipinski definition) is 2. The molecule has 1 nitrogen and oxygen atoms in total. The maximum atomic E-state index is 10.4. The van der Waals surface area contributed by atoms with E-state index in [1.165, 1.54) is 11.3 Å². The van der Waals surface area contributed by atoms with Crippen molar-refractivity contribution in [3.05, 3.63) is 19.2 Å². The fourth-order valence-corrected chi connectivity index (χ4v) is 3.61. The van der Waals surface area contributed by atoms with E-state index in [4.69, 9.17) is 0 Å². The second kappa shape index (κ2) is 4.16. The van der Waals surface area contributed by atoms with Crippen molar-refractivity contribution in [3.63, 3.8) is 0 Å². The number of thiophene rings is 1. The van der Waals surface area contributed by atoms with Gasteiger partial charge >= 0.3 is 0 Å². The first-order valence-electron chi connectivity index (χ1n) is 2.68. The van der Waals surface area contributed by atoms with Crippen LogP contribution in [-0.4, -0.2) is 6.29 Å². The highest BCUT2D eigenvalue weighted by molar-refractivity contribution is 9.13. The summed E-state index contributed by atoms with van der Waals surface area (Å²) in [6.45, 7) is 0. The molecule has 0 spiro atoms. The summed E-state index contributed by atoms with van der Waals surface area (Å²) in [5.41, 5.74) is 0. The van der Waals surface area contributed by atoms with Crippen molar-refractivity contribution in [2.45, 2.75) is 4.83 Å². The average Bonchev–Trinajstić information content (AvgIpc) is 2.32. The lowest BCUT2D eigenvalue weighted by molar-refractivity contribution is -0.107. The molecule has 0 amide bonds. The molecule has 1 rings (SSSR count). The van der Waals surface area contributed by atoms with Crippen LogP contribution in [-0.2, 0) is 4.79 Å². The van der Waals surface area contributed by atoms with Gasteiger partial charge in [0.05, 0.1) is 0 Å². The molecule has 0 N–H and O–H groups in total. The van der Waals surface area contributed by atoms with E-state index < -0.39 is 0 Å². The van der Waals surface area contributed by atoms with Crippen molar-refractivity contribution in [3.8, 4) is 0 Å². The molecule has 0 aromatic carbocycles. The quantitative estimate of drug-likeness (QED) is 0.576. The van der Waals surface area contributed by atoms with Gasteiger partial charge in [-0.25, -0.2) is 0 Å². The third-order valence-corrected chi connectivity index (χ3v) is 5.70. The number of halogens is 3. The molecular formula is C6H3Br3OS. The Balaban J connectivity index is 3.03. The van der Waals surface area contributed by atoms with Crippen LogP contribution >= 0.6 is 59.1 Å². The second-order valence-electron chi connectivity index (χ2n) is 1.80. The zero-order valence-corrected chi connectivity index (χ0v) is 10.8. The molecule has 0 radical (unpaired) electrons. The van der Waals surface area contributed by atoms with Crippen LogP contribution in [0, 0.1) is 0 Å². The van der Waals surface area contributed by atoms with E-state index in [2.05, 4.69) is 47.8 Å². The highest BCUT2D eigenvalue weighted by Gasteiger charge is 2.13. The third-order valence-electron chi connectivity index (χ3n) is 1.09. The molecule has 0 aliphatic carbocycles. The molecule has 0 fully saturated rings. The van der Waals surface area contributed by atoms with Crippen LogP contribution in [0.4, 0.5) is 0 Å². The zero-order valence-electron chi connectivity index (χ0n) is 5.18. The topological polar surface area (TPSA) is 17.1 Å². The van der Waals surface area contributed by atoms with Crippen LogP contribution in [0.25, 0.3) is 0 Å². The Morgan fingerprint density at radius 3 is 2.55 bits per heavy atom. The van der Waals surface area contributed by atoms with Gasteiger partial charge in [-0.15, -0.1) is 11.3 Å².